The van der Waals surface area contributed by atoms with Crippen LogP contribution in [0.3, 0.4) is 0 Å². The van der Waals surface area contributed by atoms with E-state index in [9.17, 15) is 0 Å². The summed E-state index contributed by atoms with van der Waals surface area (Å²) in [5, 5.41) is 3.86. The van der Waals surface area contributed by atoms with E-state index in [-0.39, 0.29) is 0 Å². The summed E-state index contributed by atoms with van der Waals surface area (Å²) >= 11 is 0. The molecule has 0 bridgehead atoms. The molecular weight excluding hydrogens is 262 g/mol. The molecule has 0 radical (unpaired) electrons. The van der Waals surface area contributed by atoms with Crippen LogP contribution in [0.15, 0.2) is 18.2 Å². The van der Waals surface area contributed by atoms with Crippen molar-refractivity contribution in [1.82, 2.24) is 5.32 Å². The van der Waals surface area contributed by atoms with Crippen molar-refractivity contribution in [2.75, 3.05) is 13.2 Å². The van der Waals surface area contributed by atoms with E-state index >= 15 is 0 Å². The topological polar surface area (TPSA) is 30.5 Å². The number of piperidine rings is 1. The molecule has 2 aliphatic rings. The fourth-order valence-corrected chi connectivity index (χ4v) is 3.87. The monoisotopic (exact) mass is 289 g/mol. The zero-order valence-electron chi connectivity index (χ0n) is 13.2. The molecule has 1 aromatic rings. The molecule has 0 aromatic heterocycles. The standard InChI is InChI=1S/C18H27NO2/c1-3-20-17-11-9-14(12-18(17)21-4-2)16-10-8-13-6-5-7-15(13)19-16/h9,11-13,15-16,19H,3-8,10H2,1-2H3. The molecule has 1 heterocycles. The first-order chi connectivity index (χ1) is 10.3. The quantitative estimate of drug-likeness (QED) is 0.886. The Morgan fingerprint density at radius 3 is 2.62 bits per heavy atom. The third-order valence-corrected chi connectivity index (χ3v) is 4.87. The lowest BCUT2D eigenvalue weighted by Gasteiger charge is -2.34. The van der Waals surface area contributed by atoms with Crippen LogP contribution in [0.5, 0.6) is 11.5 Å². The molecule has 1 saturated carbocycles. The summed E-state index contributed by atoms with van der Waals surface area (Å²) < 4.78 is 11.4. The lowest BCUT2D eigenvalue weighted by molar-refractivity contribution is 0.258. The molecule has 3 atom stereocenters. The van der Waals surface area contributed by atoms with Crippen LogP contribution < -0.4 is 14.8 Å². The molecule has 1 N–H and O–H groups in total. The van der Waals surface area contributed by atoms with Crippen LogP contribution in [-0.4, -0.2) is 19.3 Å². The molecule has 1 aliphatic heterocycles. The SMILES string of the molecule is CCOc1ccc(C2CCC3CCCC3N2)cc1OCC. The van der Waals surface area contributed by atoms with Crippen LogP contribution in [0.4, 0.5) is 0 Å². The van der Waals surface area contributed by atoms with Gasteiger partial charge in [-0.15, -0.1) is 0 Å². The third-order valence-electron chi connectivity index (χ3n) is 4.87. The first-order valence-electron chi connectivity index (χ1n) is 8.47. The molecule has 2 fully saturated rings. The molecule has 1 saturated heterocycles. The molecule has 0 amide bonds. The second kappa shape index (κ2) is 6.69. The van der Waals surface area contributed by atoms with Crippen molar-refractivity contribution in [3.8, 4) is 11.5 Å². The summed E-state index contributed by atoms with van der Waals surface area (Å²) in [6.45, 7) is 5.37. The van der Waals surface area contributed by atoms with Crippen LogP contribution in [0.2, 0.25) is 0 Å². The highest BCUT2D eigenvalue weighted by molar-refractivity contribution is 5.44. The zero-order valence-corrected chi connectivity index (χ0v) is 13.2. The highest BCUT2D eigenvalue weighted by Gasteiger charge is 2.33. The molecule has 3 heteroatoms. The minimum Gasteiger partial charge on any atom is -0.490 e. The maximum Gasteiger partial charge on any atom is 0.161 e. The molecule has 1 aromatic carbocycles. The number of hydrogen-bond donors (Lipinski definition) is 1. The predicted octanol–water partition coefficient (Wildman–Crippen LogP) is 4.08. The van der Waals surface area contributed by atoms with Gasteiger partial charge in [0.25, 0.3) is 0 Å². The van der Waals surface area contributed by atoms with Crippen molar-refractivity contribution in [1.29, 1.82) is 0 Å². The lowest BCUT2D eigenvalue weighted by atomic mass is 9.87. The number of ether oxygens (including phenoxy) is 2. The van der Waals surface area contributed by atoms with E-state index in [4.69, 9.17) is 9.47 Å². The summed E-state index contributed by atoms with van der Waals surface area (Å²) in [5.74, 6) is 2.65. The van der Waals surface area contributed by atoms with Gasteiger partial charge >= 0.3 is 0 Å². The van der Waals surface area contributed by atoms with Gasteiger partial charge in [-0.3, -0.25) is 0 Å². The van der Waals surface area contributed by atoms with Gasteiger partial charge < -0.3 is 14.8 Å². The maximum absolute atomic E-state index is 5.75. The van der Waals surface area contributed by atoms with Gasteiger partial charge in [-0.2, -0.15) is 0 Å². The van der Waals surface area contributed by atoms with Gasteiger partial charge in [0.15, 0.2) is 11.5 Å². The maximum atomic E-state index is 5.75. The molecule has 0 spiro atoms. The molecule has 3 rings (SSSR count). The number of nitrogens with one attached hydrogen (secondary N) is 1. The van der Waals surface area contributed by atoms with Gasteiger partial charge in [0, 0.05) is 12.1 Å². The summed E-state index contributed by atoms with van der Waals surface area (Å²) in [6, 6.07) is 7.62. The van der Waals surface area contributed by atoms with Crippen molar-refractivity contribution >= 4 is 0 Å². The third kappa shape index (κ3) is 3.18. The Labute approximate surface area is 128 Å². The van der Waals surface area contributed by atoms with Crippen molar-refractivity contribution in [2.45, 2.75) is 58.0 Å². The Kier molecular flexibility index (Phi) is 4.69. The van der Waals surface area contributed by atoms with Crippen LogP contribution in [0.1, 0.15) is 57.6 Å². The van der Waals surface area contributed by atoms with Crippen molar-refractivity contribution < 1.29 is 9.47 Å². The van der Waals surface area contributed by atoms with Crippen LogP contribution in [-0.2, 0) is 0 Å². The number of benzene rings is 1. The summed E-state index contributed by atoms with van der Waals surface area (Å²) in [7, 11) is 0. The molecule has 1 aliphatic carbocycles. The van der Waals surface area contributed by atoms with Crippen molar-refractivity contribution in [2.24, 2.45) is 5.92 Å². The largest absolute Gasteiger partial charge is 0.490 e. The van der Waals surface area contributed by atoms with Gasteiger partial charge in [0.2, 0.25) is 0 Å². The van der Waals surface area contributed by atoms with Gasteiger partial charge in [-0.1, -0.05) is 12.5 Å². The average Bonchev–Trinajstić information content (AvgIpc) is 2.97. The Bertz CT molecular complexity index is 474. The van der Waals surface area contributed by atoms with Gasteiger partial charge in [-0.05, 0) is 63.1 Å². The highest BCUT2D eigenvalue weighted by atomic mass is 16.5. The Balaban J connectivity index is 1.76. The minimum absolute atomic E-state index is 0.472. The summed E-state index contributed by atoms with van der Waals surface area (Å²) in [5.41, 5.74) is 1.34. The van der Waals surface area contributed by atoms with E-state index in [2.05, 4.69) is 23.5 Å². The number of hydrogen-bond acceptors (Lipinski definition) is 3. The van der Waals surface area contributed by atoms with Crippen molar-refractivity contribution in [3.63, 3.8) is 0 Å². The normalized spacial score (nSPS) is 28.2. The average molecular weight is 289 g/mol. The summed E-state index contributed by atoms with van der Waals surface area (Å²) in [4.78, 5) is 0. The predicted molar refractivity (Wildman–Crippen MR) is 85.0 cm³/mol. The smallest absolute Gasteiger partial charge is 0.161 e. The Morgan fingerprint density at radius 2 is 1.81 bits per heavy atom. The Morgan fingerprint density at radius 1 is 1.00 bits per heavy atom. The first kappa shape index (κ1) is 14.7. The molecule has 116 valence electrons. The van der Waals surface area contributed by atoms with Crippen LogP contribution >= 0.6 is 0 Å². The molecule has 3 nitrogen and oxygen atoms in total. The fourth-order valence-electron chi connectivity index (χ4n) is 3.87. The van der Waals surface area contributed by atoms with E-state index in [1.807, 2.05) is 13.8 Å². The van der Waals surface area contributed by atoms with E-state index < -0.39 is 0 Å². The fraction of sp³-hybridized carbons (Fsp3) is 0.667. The van der Waals surface area contributed by atoms with E-state index in [1.165, 1.54) is 37.7 Å². The first-order valence-corrected chi connectivity index (χ1v) is 8.47. The second-order valence-corrected chi connectivity index (χ2v) is 6.17. The zero-order chi connectivity index (χ0) is 14.7. The van der Waals surface area contributed by atoms with E-state index in [1.54, 1.807) is 0 Å². The van der Waals surface area contributed by atoms with Gasteiger partial charge in [0.1, 0.15) is 0 Å². The van der Waals surface area contributed by atoms with Gasteiger partial charge in [-0.25, -0.2) is 0 Å². The minimum atomic E-state index is 0.472. The highest BCUT2D eigenvalue weighted by Crippen LogP contribution is 2.39. The molecule has 3 unspecified atom stereocenters. The Hall–Kier alpha value is -1.22. The van der Waals surface area contributed by atoms with Crippen molar-refractivity contribution in [3.05, 3.63) is 23.8 Å². The number of rotatable bonds is 5. The van der Waals surface area contributed by atoms with Crippen LogP contribution in [0.25, 0.3) is 0 Å². The molecule has 21 heavy (non-hydrogen) atoms. The van der Waals surface area contributed by atoms with Crippen LogP contribution in [0, 0.1) is 5.92 Å². The van der Waals surface area contributed by atoms with E-state index in [0.717, 1.165) is 23.5 Å². The van der Waals surface area contributed by atoms with Gasteiger partial charge in [0.05, 0.1) is 13.2 Å². The summed E-state index contributed by atoms with van der Waals surface area (Å²) in [6.07, 6.45) is 6.75. The lowest BCUT2D eigenvalue weighted by Crippen LogP contribution is -2.40. The number of fused-ring (bicyclic) bond motifs is 1. The van der Waals surface area contributed by atoms with E-state index in [0.29, 0.717) is 19.3 Å². The molecular formula is C18H27NO2. The second-order valence-electron chi connectivity index (χ2n) is 6.17.